The van der Waals surface area contributed by atoms with Gasteiger partial charge in [0.2, 0.25) is 0 Å². The predicted molar refractivity (Wildman–Crippen MR) is 95.5 cm³/mol. The Morgan fingerprint density at radius 2 is 1.83 bits per heavy atom. The summed E-state index contributed by atoms with van der Waals surface area (Å²) in [4.78, 5) is 24.4. The third-order valence-electron chi connectivity index (χ3n) is 4.81. The lowest BCUT2D eigenvalue weighted by molar-refractivity contribution is 0.0951. The number of hydrogen-bond acceptors (Lipinski definition) is 2. The molecule has 5 nitrogen and oxygen atoms in total. The molecule has 1 aromatic carbocycles. The highest BCUT2D eigenvalue weighted by atomic mass is 35.5. The van der Waals surface area contributed by atoms with Crippen molar-refractivity contribution in [2.45, 2.75) is 57.5 Å². The molecule has 2 unspecified atom stereocenters. The Bertz CT molecular complexity index is 631. The van der Waals surface area contributed by atoms with Crippen LogP contribution < -0.4 is 16.0 Å². The SMILES string of the molecule is CC1CCCCC1NC(=O)Nc1ccc(Cl)c(C(=O)NC2CC2)c1. The molecule has 0 aliphatic heterocycles. The van der Waals surface area contributed by atoms with E-state index in [0.29, 0.717) is 22.2 Å². The molecule has 0 radical (unpaired) electrons. The van der Waals surface area contributed by atoms with Crippen LogP contribution in [0.2, 0.25) is 5.02 Å². The Labute approximate surface area is 147 Å². The number of urea groups is 1. The van der Waals surface area contributed by atoms with Gasteiger partial charge in [0.15, 0.2) is 0 Å². The molecule has 2 aliphatic carbocycles. The number of carbonyl (C=O) groups is 2. The minimum absolute atomic E-state index is 0.188. The normalized spacial score (nSPS) is 23.4. The molecule has 3 rings (SSSR count). The van der Waals surface area contributed by atoms with Crippen molar-refractivity contribution >= 4 is 29.2 Å². The number of carbonyl (C=O) groups excluding carboxylic acids is 2. The maximum atomic E-state index is 12.2. The number of amides is 3. The number of anilines is 1. The van der Waals surface area contributed by atoms with Crippen LogP contribution in [0.5, 0.6) is 0 Å². The first kappa shape index (κ1) is 17.1. The van der Waals surface area contributed by atoms with E-state index < -0.39 is 0 Å². The van der Waals surface area contributed by atoms with Crippen molar-refractivity contribution in [1.82, 2.24) is 10.6 Å². The van der Waals surface area contributed by atoms with Crippen LogP contribution in [0.3, 0.4) is 0 Å². The number of rotatable bonds is 4. The smallest absolute Gasteiger partial charge is 0.319 e. The molecular weight excluding hydrogens is 326 g/mol. The van der Waals surface area contributed by atoms with Gasteiger partial charge in [-0.25, -0.2) is 4.79 Å². The standard InChI is InChI=1S/C18H24ClN3O2/c1-11-4-2-3-5-16(11)22-18(24)21-13-8-9-15(19)14(10-13)17(23)20-12-6-7-12/h8-12,16H,2-7H2,1H3,(H,20,23)(H2,21,22,24). The van der Waals surface area contributed by atoms with Gasteiger partial charge in [-0.1, -0.05) is 31.4 Å². The number of halogens is 1. The van der Waals surface area contributed by atoms with Gasteiger partial charge in [0.05, 0.1) is 10.6 Å². The van der Waals surface area contributed by atoms with Crippen LogP contribution in [0.25, 0.3) is 0 Å². The van der Waals surface area contributed by atoms with Crippen molar-refractivity contribution in [1.29, 1.82) is 0 Å². The molecular formula is C18H24ClN3O2. The van der Waals surface area contributed by atoms with Crippen molar-refractivity contribution in [2.24, 2.45) is 5.92 Å². The summed E-state index contributed by atoms with van der Waals surface area (Å²) in [6, 6.07) is 5.22. The van der Waals surface area contributed by atoms with E-state index in [0.717, 1.165) is 32.1 Å². The molecule has 3 N–H and O–H groups in total. The van der Waals surface area contributed by atoms with Gasteiger partial charge in [0, 0.05) is 17.8 Å². The lowest BCUT2D eigenvalue weighted by Gasteiger charge is -2.29. The van der Waals surface area contributed by atoms with E-state index in [2.05, 4.69) is 22.9 Å². The lowest BCUT2D eigenvalue weighted by atomic mass is 9.86. The first-order valence-corrected chi connectivity index (χ1v) is 9.08. The summed E-state index contributed by atoms with van der Waals surface area (Å²) in [5.74, 6) is 0.307. The van der Waals surface area contributed by atoms with Crippen molar-refractivity contribution in [3.05, 3.63) is 28.8 Å². The zero-order valence-electron chi connectivity index (χ0n) is 13.9. The summed E-state index contributed by atoms with van der Waals surface area (Å²) in [7, 11) is 0. The Morgan fingerprint density at radius 1 is 1.08 bits per heavy atom. The molecule has 1 aromatic rings. The maximum absolute atomic E-state index is 12.2. The first-order chi connectivity index (χ1) is 11.5. The average molecular weight is 350 g/mol. The van der Waals surface area contributed by atoms with Crippen molar-refractivity contribution in [3.8, 4) is 0 Å². The molecule has 0 saturated heterocycles. The molecule has 2 aliphatic rings. The summed E-state index contributed by atoms with van der Waals surface area (Å²) in [5.41, 5.74) is 0.966. The molecule has 130 valence electrons. The molecule has 24 heavy (non-hydrogen) atoms. The van der Waals surface area contributed by atoms with Gasteiger partial charge in [0.25, 0.3) is 5.91 Å². The van der Waals surface area contributed by atoms with Gasteiger partial charge in [0.1, 0.15) is 0 Å². The van der Waals surface area contributed by atoms with E-state index in [1.807, 2.05) is 0 Å². The minimum atomic E-state index is -0.232. The van der Waals surface area contributed by atoms with Gasteiger partial charge < -0.3 is 16.0 Å². The zero-order chi connectivity index (χ0) is 17.1. The van der Waals surface area contributed by atoms with E-state index in [9.17, 15) is 9.59 Å². The molecule has 2 atom stereocenters. The second-order valence-corrected chi connectivity index (χ2v) is 7.32. The van der Waals surface area contributed by atoms with Crippen LogP contribution in [-0.4, -0.2) is 24.0 Å². The minimum Gasteiger partial charge on any atom is -0.349 e. The second kappa shape index (κ2) is 7.43. The number of benzene rings is 1. The Balaban J connectivity index is 1.61. The third-order valence-corrected chi connectivity index (χ3v) is 5.14. The van der Waals surface area contributed by atoms with Gasteiger partial charge in [-0.05, 0) is 49.8 Å². The average Bonchev–Trinajstić information content (AvgIpc) is 3.35. The van der Waals surface area contributed by atoms with Crippen molar-refractivity contribution < 1.29 is 9.59 Å². The van der Waals surface area contributed by atoms with Crippen molar-refractivity contribution in [3.63, 3.8) is 0 Å². The fourth-order valence-corrected chi connectivity index (χ4v) is 3.34. The number of nitrogens with one attached hydrogen (secondary N) is 3. The van der Waals surface area contributed by atoms with Gasteiger partial charge >= 0.3 is 6.03 Å². The lowest BCUT2D eigenvalue weighted by Crippen LogP contribution is -2.43. The van der Waals surface area contributed by atoms with E-state index >= 15 is 0 Å². The molecule has 0 bridgehead atoms. The van der Waals surface area contributed by atoms with Crippen LogP contribution in [0.15, 0.2) is 18.2 Å². The van der Waals surface area contributed by atoms with E-state index in [1.54, 1.807) is 18.2 Å². The fraction of sp³-hybridized carbons (Fsp3) is 0.556. The fourth-order valence-electron chi connectivity index (χ4n) is 3.13. The predicted octanol–water partition coefficient (Wildman–Crippen LogP) is 3.93. The maximum Gasteiger partial charge on any atom is 0.319 e. The highest BCUT2D eigenvalue weighted by Gasteiger charge is 2.25. The van der Waals surface area contributed by atoms with Gasteiger partial charge in [-0.3, -0.25) is 4.79 Å². The van der Waals surface area contributed by atoms with E-state index in [1.165, 1.54) is 6.42 Å². The Kier molecular flexibility index (Phi) is 5.29. The largest absolute Gasteiger partial charge is 0.349 e. The first-order valence-electron chi connectivity index (χ1n) is 8.71. The quantitative estimate of drug-likeness (QED) is 0.770. The van der Waals surface area contributed by atoms with Crippen LogP contribution in [0, 0.1) is 5.92 Å². The summed E-state index contributed by atoms with van der Waals surface area (Å²) >= 11 is 6.12. The third kappa shape index (κ3) is 4.41. The zero-order valence-corrected chi connectivity index (χ0v) is 14.7. The summed E-state index contributed by atoms with van der Waals surface area (Å²) in [6.45, 7) is 2.17. The van der Waals surface area contributed by atoms with Crippen LogP contribution >= 0.6 is 11.6 Å². The van der Waals surface area contributed by atoms with Crippen LogP contribution in [-0.2, 0) is 0 Å². The monoisotopic (exact) mass is 349 g/mol. The van der Waals surface area contributed by atoms with E-state index in [4.69, 9.17) is 11.6 Å². The molecule has 6 heteroatoms. The molecule has 0 aromatic heterocycles. The summed E-state index contributed by atoms with van der Waals surface area (Å²) in [6.07, 6.45) is 6.59. The van der Waals surface area contributed by atoms with E-state index in [-0.39, 0.29) is 24.0 Å². The summed E-state index contributed by atoms with van der Waals surface area (Å²) in [5, 5.41) is 9.15. The second-order valence-electron chi connectivity index (χ2n) is 6.91. The van der Waals surface area contributed by atoms with Crippen LogP contribution in [0.1, 0.15) is 55.8 Å². The van der Waals surface area contributed by atoms with Crippen molar-refractivity contribution in [2.75, 3.05) is 5.32 Å². The van der Waals surface area contributed by atoms with Crippen LogP contribution in [0.4, 0.5) is 10.5 Å². The van der Waals surface area contributed by atoms with Gasteiger partial charge in [-0.2, -0.15) is 0 Å². The highest BCUT2D eigenvalue weighted by Crippen LogP contribution is 2.25. The molecule has 2 fully saturated rings. The number of hydrogen-bond donors (Lipinski definition) is 3. The summed E-state index contributed by atoms with van der Waals surface area (Å²) < 4.78 is 0. The topological polar surface area (TPSA) is 70.2 Å². The molecule has 2 saturated carbocycles. The van der Waals surface area contributed by atoms with Gasteiger partial charge in [-0.15, -0.1) is 0 Å². The molecule has 0 heterocycles. The Morgan fingerprint density at radius 3 is 2.54 bits per heavy atom. The molecule has 0 spiro atoms. The highest BCUT2D eigenvalue weighted by molar-refractivity contribution is 6.34. The Hall–Kier alpha value is -1.75. The molecule has 3 amide bonds.